The number of ketones is 1. The summed E-state index contributed by atoms with van der Waals surface area (Å²) in [6.45, 7) is 4.47. The number of nitrogens with zero attached hydrogens (tertiary/aromatic N) is 2. The van der Waals surface area contributed by atoms with Crippen LogP contribution in [0, 0.1) is 12.8 Å². The summed E-state index contributed by atoms with van der Waals surface area (Å²) in [5.41, 5.74) is 1.66. The summed E-state index contributed by atoms with van der Waals surface area (Å²) in [6.07, 6.45) is 0.866. The molecule has 1 aromatic heterocycles. The highest BCUT2D eigenvalue weighted by molar-refractivity contribution is 6.30. The Morgan fingerprint density at radius 3 is 2.71 bits per heavy atom. The molecule has 0 aliphatic carbocycles. The third-order valence-corrected chi connectivity index (χ3v) is 3.14. The second-order valence-corrected chi connectivity index (χ2v) is 4.82. The summed E-state index contributed by atoms with van der Waals surface area (Å²) in [4.78, 5) is 11.9. The number of Topliss-reactive ketones (excluding diaryl/α,β-unsaturated/α-hetero) is 1. The van der Waals surface area contributed by atoms with Gasteiger partial charge in [0.1, 0.15) is 10.9 Å². The Morgan fingerprint density at radius 1 is 1.59 bits per heavy atom. The quantitative estimate of drug-likeness (QED) is 0.786. The van der Waals surface area contributed by atoms with Gasteiger partial charge in [-0.25, -0.2) is 0 Å². The van der Waals surface area contributed by atoms with Crippen molar-refractivity contribution in [1.29, 1.82) is 0 Å². The number of rotatable bonds is 6. The summed E-state index contributed by atoms with van der Waals surface area (Å²) in [6, 6.07) is 0. The largest absolute Gasteiger partial charge is 0.384 e. The van der Waals surface area contributed by atoms with Crippen LogP contribution in [0.2, 0.25) is 5.15 Å². The van der Waals surface area contributed by atoms with Gasteiger partial charge in [-0.3, -0.25) is 9.48 Å². The first-order chi connectivity index (χ1) is 7.95. The van der Waals surface area contributed by atoms with Crippen molar-refractivity contribution in [2.24, 2.45) is 13.0 Å². The van der Waals surface area contributed by atoms with E-state index in [1.54, 1.807) is 18.8 Å². The molecule has 0 fully saturated rings. The number of aromatic nitrogens is 2. The van der Waals surface area contributed by atoms with Crippen molar-refractivity contribution in [3.8, 4) is 0 Å². The average molecular weight is 259 g/mol. The highest BCUT2D eigenvalue weighted by Gasteiger charge is 2.16. The number of aryl methyl sites for hydroxylation is 2. The van der Waals surface area contributed by atoms with E-state index in [4.69, 9.17) is 16.3 Å². The van der Waals surface area contributed by atoms with Crippen LogP contribution in [-0.4, -0.2) is 29.3 Å². The molecule has 1 heterocycles. The zero-order chi connectivity index (χ0) is 13.0. The molecule has 0 saturated heterocycles. The minimum absolute atomic E-state index is 0.174. The monoisotopic (exact) mass is 258 g/mol. The Morgan fingerprint density at radius 2 is 2.24 bits per heavy atom. The fourth-order valence-electron chi connectivity index (χ4n) is 1.88. The molecule has 0 aromatic carbocycles. The van der Waals surface area contributed by atoms with Crippen LogP contribution in [0.25, 0.3) is 0 Å². The van der Waals surface area contributed by atoms with Crippen molar-refractivity contribution >= 4 is 17.4 Å². The molecule has 1 atom stereocenters. The van der Waals surface area contributed by atoms with E-state index in [2.05, 4.69) is 5.10 Å². The average Bonchev–Trinajstić information content (AvgIpc) is 2.45. The molecule has 0 radical (unpaired) electrons. The smallest absolute Gasteiger partial charge is 0.137 e. The fraction of sp³-hybridized carbons (Fsp3) is 0.667. The van der Waals surface area contributed by atoms with Crippen molar-refractivity contribution in [3.63, 3.8) is 0 Å². The molecule has 0 aliphatic heterocycles. The molecule has 1 unspecified atom stereocenters. The molecule has 0 saturated carbocycles. The van der Waals surface area contributed by atoms with Gasteiger partial charge in [0, 0.05) is 39.2 Å². The van der Waals surface area contributed by atoms with Crippen LogP contribution >= 0.6 is 11.6 Å². The Labute approximate surface area is 107 Å². The van der Waals surface area contributed by atoms with Gasteiger partial charge in [-0.1, -0.05) is 18.5 Å². The zero-order valence-electron chi connectivity index (χ0n) is 10.8. The Kier molecular flexibility index (Phi) is 5.15. The normalized spacial score (nSPS) is 12.8. The Hall–Kier alpha value is -0.870. The number of carbonyl (C=O) groups is 1. The number of halogens is 1. The molecule has 96 valence electrons. The Bertz CT molecular complexity index is 401. The van der Waals surface area contributed by atoms with Gasteiger partial charge in [-0.05, 0) is 12.8 Å². The summed E-state index contributed by atoms with van der Waals surface area (Å²) < 4.78 is 6.61. The first-order valence-electron chi connectivity index (χ1n) is 5.64. The van der Waals surface area contributed by atoms with E-state index in [-0.39, 0.29) is 11.7 Å². The maximum Gasteiger partial charge on any atom is 0.137 e. The predicted molar refractivity (Wildman–Crippen MR) is 67.3 cm³/mol. The van der Waals surface area contributed by atoms with E-state index in [1.165, 1.54) is 0 Å². The van der Waals surface area contributed by atoms with Crippen LogP contribution in [0.1, 0.15) is 24.6 Å². The standard InChI is InChI=1S/C12H19ClN2O2/c1-8(7-17-4)5-10(16)6-11-9(2)14-15(3)12(11)13/h8H,5-7H2,1-4H3. The van der Waals surface area contributed by atoms with E-state index in [0.29, 0.717) is 24.6 Å². The molecule has 17 heavy (non-hydrogen) atoms. The molecule has 1 aromatic rings. The lowest BCUT2D eigenvalue weighted by atomic mass is 10.0. The molecule has 0 amide bonds. The lowest BCUT2D eigenvalue weighted by molar-refractivity contribution is -0.119. The molecule has 4 nitrogen and oxygen atoms in total. The van der Waals surface area contributed by atoms with Gasteiger partial charge in [0.05, 0.1) is 5.69 Å². The summed E-state index contributed by atoms with van der Waals surface area (Å²) in [5.74, 6) is 0.413. The lowest BCUT2D eigenvalue weighted by Crippen LogP contribution is -2.12. The molecule has 0 N–H and O–H groups in total. The summed E-state index contributed by atoms with van der Waals surface area (Å²) in [7, 11) is 3.42. The third-order valence-electron chi connectivity index (χ3n) is 2.67. The van der Waals surface area contributed by atoms with E-state index >= 15 is 0 Å². The number of ether oxygens (including phenoxy) is 1. The van der Waals surface area contributed by atoms with Gasteiger partial charge < -0.3 is 4.74 Å². The highest BCUT2D eigenvalue weighted by atomic mass is 35.5. The second-order valence-electron chi connectivity index (χ2n) is 4.46. The minimum Gasteiger partial charge on any atom is -0.384 e. The van der Waals surface area contributed by atoms with Crippen molar-refractivity contribution in [3.05, 3.63) is 16.4 Å². The van der Waals surface area contributed by atoms with Crippen LogP contribution in [0.15, 0.2) is 0 Å². The van der Waals surface area contributed by atoms with Crippen LogP contribution in [-0.2, 0) is 23.0 Å². The maximum atomic E-state index is 11.9. The van der Waals surface area contributed by atoms with Crippen molar-refractivity contribution < 1.29 is 9.53 Å². The molecule has 0 aliphatic rings. The van der Waals surface area contributed by atoms with Gasteiger partial charge in [-0.2, -0.15) is 5.10 Å². The molecule has 5 heteroatoms. The SMILES string of the molecule is COCC(C)CC(=O)Cc1c(C)nn(C)c1Cl. The van der Waals surface area contributed by atoms with Crippen LogP contribution in [0.3, 0.4) is 0 Å². The van der Waals surface area contributed by atoms with Crippen LogP contribution in [0.5, 0.6) is 0 Å². The predicted octanol–water partition coefficient (Wildman–Crippen LogP) is 2.17. The van der Waals surface area contributed by atoms with E-state index in [0.717, 1.165) is 11.3 Å². The van der Waals surface area contributed by atoms with E-state index in [1.807, 2.05) is 13.8 Å². The highest BCUT2D eigenvalue weighted by Crippen LogP contribution is 2.20. The molecular weight excluding hydrogens is 240 g/mol. The van der Waals surface area contributed by atoms with Crippen molar-refractivity contribution in [2.45, 2.75) is 26.7 Å². The Balaban J connectivity index is 2.62. The number of hydrogen-bond donors (Lipinski definition) is 0. The van der Waals surface area contributed by atoms with Gasteiger partial charge in [0.2, 0.25) is 0 Å². The van der Waals surface area contributed by atoms with Gasteiger partial charge in [0.15, 0.2) is 0 Å². The van der Waals surface area contributed by atoms with Gasteiger partial charge >= 0.3 is 0 Å². The number of methoxy groups -OCH3 is 1. The molecule has 0 spiro atoms. The van der Waals surface area contributed by atoms with Gasteiger partial charge in [-0.15, -0.1) is 0 Å². The van der Waals surface area contributed by atoms with Crippen LogP contribution < -0.4 is 0 Å². The van der Waals surface area contributed by atoms with Gasteiger partial charge in [0.25, 0.3) is 0 Å². The number of hydrogen-bond acceptors (Lipinski definition) is 3. The van der Waals surface area contributed by atoms with Crippen molar-refractivity contribution in [2.75, 3.05) is 13.7 Å². The first-order valence-corrected chi connectivity index (χ1v) is 6.02. The molecule has 1 rings (SSSR count). The third kappa shape index (κ3) is 3.82. The lowest BCUT2D eigenvalue weighted by Gasteiger charge is -2.08. The topological polar surface area (TPSA) is 44.1 Å². The second kappa shape index (κ2) is 6.17. The summed E-state index contributed by atoms with van der Waals surface area (Å²) in [5, 5.41) is 4.74. The van der Waals surface area contributed by atoms with E-state index in [9.17, 15) is 4.79 Å². The zero-order valence-corrected chi connectivity index (χ0v) is 11.5. The molecule has 0 bridgehead atoms. The summed E-state index contributed by atoms with van der Waals surface area (Å²) >= 11 is 6.08. The first kappa shape index (κ1) is 14.2. The van der Waals surface area contributed by atoms with Crippen molar-refractivity contribution in [1.82, 2.24) is 9.78 Å². The minimum atomic E-state index is 0.174. The number of carbonyl (C=O) groups excluding carboxylic acids is 1. The van der Waals surface area contributed by atoms with E-state index < -0.39 is 0 Å². The fourth-order valence-corrected chi connectivity index (χ4v) is 2.12. The van der Waals surface area contributed by atoms with Crippen LogP contribution in [0.4, 0.5) is 0 Å². The maximum absolute atomic E-state index is 11.9. The molecular formula is C12H19ClN2O2.